The Morgan fingerprint density at radius 3 is 2.08 bits per heavy atom. The highest BCUT2D eigenvalue weighted by Gasteiger charge is 2.46. The molecule has 2 atom stereocenters. The van der Waals surface area contributed by atoms with Gasteiger partial charge in [-0.25, -0.2) is 0 Å². The fourth-order valence-electron chi connectivity index (χ4n) is 3.27. The van der Waals surface area contributed by atoms with Gasteiger partial charge in [0.05, 0.1) is 17.4 Å². The lowest BCUT2D eigenvalue weighted by molar-refractivity contribution is -0.140. The van der Waals surface area contributed by atoms with Crippen molar-refractivity contribution < 1.29 is 27.6 Å². The van der Waals surface area contributed by atoms with E-state index in [1.165, 1.54) is 0 Å². The molecule has 1 fully saturated rings. The summed E-state index contributed by atoms with van der Waals surface area (Å²) in [5, 5.41) is 2.47. The highest BCUT2D eigenvalue weighted by atomic mass is 19.4. The number of benzene rings is 1. The number of allylic oxidation sites excluding steroid dienone is 2. The van der Waals surface area contributed by atoms with Gasteiger partial charge in [-0.15, -0.1) is 0 Å². The summed E-state index contributed by atoms with van der Waals surface area (Å²) >= 11 is 0. The molecule has 138 valence electrons. The van der Waals surface area contributed by atoms with Crippen LogP contribution in [0.5, 0.6) is 0 Å². The summed E-state index contributed by atoms with van der Waals surface area (Å²) in [5.74, 6) is -1.67. The molecular formula is C18H17F3N2O3. The van der Waals surface area contributed by atoms with E-state index in [2.05, 4.69) is 5.32 Å². The Labute approximate surface area is 147 Å². The monoisotopic (exact) mass is 366 g/mol. The van der Waals surface area contributed by atoms with Gasteiger partial charge in [0.15, 0.2) is 0 Å². The standard InChI is InChI=1S/C18H17F3N2O3/c19-18(20,21)11-5-7-12(8-6-11)22-15(24)9-10-23-16(25)13-3-1-2-4-14(13)17(23)26/h1-2,5-8,13-14H,3-4,9-10H2,(H,22,24)/t13-,14-/m0/s1. The fourth-order valence-corrected chi connectivity index (χ4v) is 3.27. The zero-order chi connectivity index (χ0) is 18.9. The summed E-state index contributed by atoms with van der Waals surface area (Å²) in [6.07, 6.45) is 0.281. The van der Waals surface area contributed by atoms with Crippen LogP contribution in [0.1, 0.15) is 24.8 Å². The zero-order valence-electron chi connectivity index (χ0n) is 13.8. The van der Waals surface area contributed by atoms with Gasteiger partial charge in [0.25, 0.3) is 0 Å². The summed E-state index contributed by atoms with van der Waals surface area (Å²) < 4.78 is 37.5. The van der Waals surface area contributed by atoms with Crippen molar-refractivity contribution in [2.45, 2.75) is 25.4 Å². The van der Waals surface area contributed by atoms with E-state index < -0.39 is 17.6 Å². The molecule has 1 N–H and O–H groups in total. The molecule has 0 saturated carbocycles. The van der Waals surface area contributed by atoms with Crippen molar-refractivity contribution >= 4 is 23.4 Å². The summed E-state index contributed by atoms with van der Waals surface area (Å²) in [6.45, 7) is -0.0306. The number of rotatable bonds is 4. The van der Waals surface area contributed by atoms with Gasteiger partial charge in [0.1, 0.15) is 0 Å². The predicted octanol–water partition coefficient (Wildman–Crippen LogP) is 2.99. The van der Waals surface area contributed by atoms with Crippen LogP contribution in [0, 0.1) is 11.8 Å². The number of alkyl halides is 3. The summed E-state index contributed by atoms with van der Waals surface area (Å²) in [6, 6.07) is 4.07. The molecule has 1 aromatic carbocycles. The Kier molecular flexibility index (Phi) is 4.84. The van der Waals surface area contributed by atoms with E-state index in [-0.39, 0.29) is 42.3 Å². The van der Waals surface area contributed by atoms with Crippen molar-refractivity contribution in [2.24, 2.45) is 11.8 Å². The number of fused-ring (bicyclic) bond motifs is 1. The summed E-state index contributed by atoms with van der Waals surface area (Å²) in [5.41, 5.74) is -0.583. The van der Waals surface area contributed by atoms with E-state index in [0.29, 0.717) is 12.8 Å². The predicted molar refractivity (Wildman–Crippen MR) is 86.8 cm³/mol. The topological polar surface area (TPSA) is 66.5 Å². The molecule has 8 heteroatoms. The second kappa shape index (κ2) is 6.93. The quantitative estimate of drug-likeness (QED) is 0.658. The van der Waals surface area contributed by atoms with Crippen molar-refractivity contribution in [3.8, 4) is 0 Å². The van der Waals surface area contributed by atoms with Crippen LogP contribution in [0.2, 0.25) is 0 Å². The van der Waals surface area contributed by atoms with Crippen molar-refractivity contribution in [3.63, 3.8) is 0 Å². The Balaban J connectivity index is 1.54. The zero-order valence-corrected chi connectivity index (χ0v) is 13.8. The third-order valence-electron chi connectivity index (χ3n) is 4.66. The second-order valence-electron chi connectivity index (χ2n) is 6.36. The molecule has 0 spiro atoms. The molecule has 5 nitrogen and oxygen atoms in total. The number of hydrogen-bond acceptors (Lipinski definition) is 3. The minimum Gasteiger partial charge on any atom is -0.326 e. The van der Waals surface area contributed by atoms with E-state index in [0.717, 1.165) is 29.2 Å². The van der Waals surface area contributed by atoms with Gasteiger partial charge in [-0.05, 0) is 37.1 Å². The molecule has 26 heavy (non-hydrogen) atoms. The number of nitrogens with zero attached hydrogens (tertiary/aromatic N) is 1. The number of anilines is 1. The lowest BCUT2D eigenvalue weighted by atomic mass is 9.85. The molecule has 1 aliphatic heterocycles. The number of imide groups is 1. The van der Waals surface area contributed by atoms with Crippen molar-refractivity contribution in [3.05, 3.63) is 42.0 Å². The maximum Gasteiger partial charge on any atom is 0.416 e. The van der Waals surface area contributed by atoms with Gasteiger partial charge in [-0.3, -0.25) is 19.3 Å². The molecule has 1 heterocycles. The molecule has 3 amide bonds. The van der Waals surface area contributed by atoms with Crippen LogP contribution >= 0.6 is 0 Å². The third-order valence-corrected chi connectivity index (χ3v) is 4.66. The average molecular weight is 366 g/mol. The molecule has 3 rings (SSSR count). The Morgan fingerprint density at radius 2 is 1.58 bits per heavy atom. The molecule has 0 radical (unpaired) electrons. The van der Waals surface area contributed by atoms with Gasteiger partial charge in [0, 0.05) is 18.7 Å². The smallest absolute Gasteiger partial charge is 0.326 e. The first-order valence-electron chi connectivity index (χ1n) is 8.24. The maximum atomic E-state index is 12.5. The molecular weight excluding hydrogens is 349 g/mol. The first kappa shape index (κ1) is 18.2. The van der Waals surface area contributed by atoms with Crippen molar-refractivity contribution in [2.75, 3.05) is 11.9 Å². The molecule has 1 aliphatic carbocycles. The molecule has 0 bridgehead atoms. The summed E-state index contributed by atoms with van der Waals surface area (Å²) in [7, 11) is 0. The Bertz CT molecular complexity index is 730. The first-order valence-corrected chi connectivity index (χ1v) is 8.24. The second-order valence-corrected chi connectivity index (χ2v) is 6.36. The maximum absolute atomic E-state index is 12.5. The van der Waals surface area contributed by atoms with Crippen molar-refractivity contribution in [1.82, 2.24) is 4.90 Å². The van der Waals surface area contributed by atoms with Crippen LogP contribution in [-0.4, -0.2) is 29.2 Å². The minimum absolute atomic E-state index is 0.0306. The first-order chi connectivity index (χ1) is 12.3. The largest absolute Gasteiger partial charge is 0.416 e. The van der Waals surface area contributed by atoms with Crippen LogP contribution in [0.25, 0.3) is 0 Å². The molecule has 1 aromatic rings. The highest BCUT2D eigenvalue weighted by Crippen LogP contribution is 2.35. The van der Waals surface area contributed by atoms with Crippen LogP contribution in [0.3, 0.4) is 0 Å². The van der Waals surface area contributed by atoms with Crippen LogP contribution in [0.15, 0.2) is 36.4 Å². The van der Waals surface area contributed by atoms with Crippen molar-refractivity contribution in [1.29, 1.82) is 0 Å². The van der Waals surface area contributed by atoms with Crippen LogP contribution < -0.4 is 5.32 Å². The molecule has 1 saturated heterocycles. The lowest BCUT2D eigenvalue weighted by Crippen LogP contribution is -2.34. The SMILES string of the molecule is O=C(CCN1C(=O)[C@H]2CC=CC[C@@H]2C1=O)Nc1ccc(C(F)(F)F)cc1. The number of halogens is 3. The number of carbonyl (C=O) groups is 3. The average Bonchev–Trinajstić information content (AvgIpc) is 2.84. The Hall–Kier alpha value is -2.64. The third kappa shape index (κ3) is 3.63. The van der Waals surface area contributed by atoms with Gasteiger partial charge >= 0.3 is 6.18 Å². The van der Waals surface area contributed by atoms with E-state index >= 15 is 0 Å². The number of hydrogen-bond donors (Lipinski definition) is 1. The van der Waals surface area contributed by atoms with Gasteiger partial charge in [-0.2, -0.15) is 13.2 Å². The van der Waals surface area contributed by atoms with Crippen LogP contribution in [-0.2, 0) is 20.6 Å². The van der Waals surface area contributed by atoms with E-state index in [1.807, 2.05) is 12.2 Å². The lowest BCUT2D eigenvalue weighted by Gasteiger charge is -2.14. The Morgan fingerprint density at radius 1 is 1.04 bits per heavy atom. The molecule has 2 aliphatic rings. The van der Waals surface area contributed by atoms with Gasteiger partial charge in [0.2, 0.25) is 17.7 Å². The molecule has 0 aromatic heterocycles. The van der Waals surface area contributed by atoms with E-state index in [1.54, 1.807) is 0 Å². The van der Waals surface area contributed by atoms with E-state index in [9.17, 15) is 27.6 Å². The fraction of sp³-hybridized carbons (Fsp3) is 0.389. The minimum atomic E-state index is -4.44. The highest BCUT2D eigenvalue weighted by molar-refractivity contribution is 6.05. The van der Waals surface area contributed by atoms with Gasteiger partial charge in [-0.1, -0.05) is 12.2 Å². The molecule has 0 unspecified atom stereocenters. The number of likely N-dealkylation sites (tertiary alicyclic amines) is 1. The van der Waals surface area contributed by atoms with E-state index in [4.69, 9.17) is 0 Å². The van der Waals surface area contributed by atoms with Crippen LogP contribution in [0.4, 0.5) is 18.9 Å². The van der Waals surface area contributed by atoms with Gasteiger partial charge < -0.3 is 5.32 Å². The number of nitrogens with one attached hydrogen (secondary N) is 1. The summed E-state index contributed by atoms with van der Waals surface area (Å²) in [4.78, 5) is 37.7. The normalized spacial score (nSPS) is 22.5. The number of amides is 3. The number of carbonyl (C=O) groups excluding carboxylic acids is 3.